The molecule has 0 saturated carbocycles. The number of hydrogen-bond donors (Lipinski definition) is 3. The van der Waals surface area contributed by atoms with Crippen molar-refractivity contribution >= 4 is 35.1 Å². The van der Waals surface area contributed by atoms with Crippen LogP contribution in [0, 0.1) is 0 Å². The van der Waals surface area contributed by atoms with Gasteiger partial charge in [-0.05, 0) is 36.0 Å². The van der Waals surface area contributed by atoms with Gasteiger partial charge in [0.2, 0.25) is 5.91 Å². The maximum Gasteiger partial charge on any atom is 0.306 e. The quantitative estimate of drug-likeness (QED) is 0.296. The standard InChI is InChI=1S/C22H25N3O6S/c1-29-17-9-8-16(14-18(17)30-2)21(28)24-25-22(32)23-19(26)10-11-20(27)31-13-12-15-6-4-3-5-7-15/h3-9,14H,10-13H2,1-2H3,(H,24,28)(H2,23,25,26,32). The largest absolute Gasteiger partial charge is 0.493 e. The Kier molecular flexibility index (Phi) is 9.92. The first-order valence-electron chi connectivity index (χ1n) is 9.74. The molecule has 0 bridgehead atoms. The lowest BCUT2D eigenvalue weighted by atomic mass is 10.2. The Morgan fingerprint density at radius 3 is 2.31 bits per heavy atom. The summed E-state index contributed by atoms with van der Waals surface area (Å²) in [5.74, 6) is -0.575. The molecule has 0 aromatic heterocycles. The van der Waals surface area contributed by atoms with Crippen molar-refractivity contribution in [1.82, 2.24) is 16.2 Å². The molecule has 2 aromatic rings. The van der Waals surface area contributed by atoms with Gasteiger partial charge in [-0.15, -0.1) is 0 Å². The Balaban J connectivity index is 1.66. The van der Waals surface area contributed by atoms with Gasteiger partial charge in [0, 0.05) is 18.4 Å². The van der Waals surface area contributed by atoms with E-state index in [-0.39, 0.29) is 24.6 Å². The summed E-state index contributed by atoms with van der Waals surface area (Å²) in [7, 11) is 2.95. The zero-order valence-electron chi connectivity index (χ0n) is 17.8. The molecule has 3 N–H and O–H groups in total. The highest BCUT2D eigenvalue weighted by Crippen LogP contribution is 2.27. The average Bonchev–Trinajstić information content (AvgIpc) is 2.81. The van der Waals surface area contributed by atoms with Gasteiger partial charge in [-0.1, -0.05) is 30.3 Å². The Morgan fingerprint density at radius 1 is 0.906 bits per heavy atom. The van der Waals surface area contributed by atoms with Crippen LogP contribution in [0.1, 0.15) is 28.8 Å². The first-order valence-corrected chi connectivity index (χ1v) is 10.2. The fourth-order valence-electron chi connectivity index (χ4n) is 2.60. The third-order valence-corrected chi connectivity index (χ3v) is 4.45. The molecule has 0 spiro atoms. The normalized spacial score (nSPS) is 9.94. The van der Waals surface area contributed by atoms with Crippen LogP contribution in [0.25, 0.3) is 0 Å². The molecule has 10 heteroatoms. The van der Waals surface area contributed by atoms with Gasteiger partial charge in [0.15, 0.2) is 16.6 Å². The summed E-state index contributed by atoms with van der Waals surface area (Å²) in [6.45, 7) is 0.243. The van der Waals surface area contributed by atoms with Crippen LogP contribution in [0.3, 0.4) is 0 Å². The number of hydrazine groups is 1. The average molecular weight is 460 g/mol. The summed E-state index contributed by atoms with van der Waals surface area (Å²) < 4.78 is 15.4. The van der Waals surface area contributed by atoms with E-state index < -0.39 is 17.8 Å². The van der Waals surface area contributed by atoms with Crippen LogP contribution >= 0.6 is 12.2 Å². The zero-order chi connectivity index (χ0) is 23.3. The van der Waals surface area contributed by atoms with Crippen LogP contribution in [0.15, 0.2) is 48.5 Å². The molecule has 2 aromatic carbocycles. The van der Waals surface area contributed by atoms with Gasteiger partial charge in [0.25, 0.3) is 5.91 Å². The zero-order valence-corrected chi connectivity index (χ0v) is 18.6. The summed E-state index contributed by atoms with van der Waals surface area (Å²) in [6, 6.07) is 14.3. The van der Waals surface area contributed by atoms with Crippen molar-refractivity contribution in [3.05, 3.63) is 59.7 Å². The van der Waals surface area contributed by atoms with Gasteiger partial charge in [0.1, 0.15) is 0 Å². The number of hydrogen-bond acceptors (Lipinski definition) is 7. The van der Waals surface area contributed by atoms with Crippen LogP contribution in [0.5, 0.6) is 11.5 Å². The lowest BCUT2D eigenvalue weighted by Gasteiger charge is -2.12. The summed E-state index contributed by atoms with van der Waals surface area (Å²) in [5, 5.41) is 2.27. The molecule has 0 aliphatic rings. The molecule has 2 amide bonds. The molecule has 2 rings (SSSR count). The summed E-state index contributed by atoms with van der Waals surface area (Å²) in [4.78, 5) is 35.9. The highest BCUT2D eigenvalue weighted by Gasteiger charge is 2.13. The van der Waals surface area contributed by atoms with E-state index in [1.54, 1.807) is 12.1 Å². The number of nitrogens with one attached hydrogen (secondary N) is 3. The van der Waals surface area contributed by atoms with E-state index in [0.29, 0.717) is 23.5 Å². The first kappa shape index (κ1) is 24.6. The fraction of sp³-hybridized carbons (Fsp3) is 0.273. The number of rotatable bonds is 9. The van der Waals surface area contributed by atoms with Crippen molar-refractivity contribution in [2.75, 3.05) is 20.8 Å². The smallest absolute Gasteiger partial charge is 0.306 e. The predicted octanol–water partition coefficient (Wildman–Crippen LogP) is 1.91. The monoisotopic (exact) mass is 459 g/mol. The molecule has 0 saturated heterocycles. The molecule has 0 fully saturated rings. The van der Waals surface area contributed by atoms with Gasteiger partial charge in [-0.2, -0.15) is 0 Å². The van der Waals surface area contributed by atoms with E-state index in [1.807, 2.05) is 30.3 Å². The Morgan fingerprint density at radius 2 is 1.62 bits per heavy atom. The number of carbonyl (C=O) groups is 3. The van der Waals surface area contributed by atoms with E-state index in [0.717, 1.165) is 5.56 Å². The summed E-state index contributed by atoms with van der Waals surface area (Å²) >= 11 is 4.97. The van der Waals surface area contributed by atoms with Crippen molar-refractivity contribution in [1.29, 1.82) is 0 Å². The van der Waals surface area contributed by atoms with Crippen LogP contribution in [-0.2, 0) is 20.7 Å². The minimum absolute atomic E-state index is 0.0821. The molecule has 0 heterocycles. The van der Waals surface area contributed by atoms with Crippen molar-refractivity contribution < 1.29 is 28.6 Å². The molecule has 0 atom stereocenters. The van der Waals surface area contributed by atoms with Crippen LogP contribution in [0.4, 0.5) is 0 Å². The fourth-order valence-corrected chi connectivity index (χ4v) is 2.76. The number of esters is 1. The van der Waals surface area contributed by atoms with Gasteiger partial charge in [-0.3, -0.25) is 25.2 Å². The SMILES string of the molecule is COc1ccc(C(=O)NNC(=S)NC(=O)CCC(=O)OCCc2ccccc2)cc1OC. The molecule has 9 nitrogen and oxygen atoms in total. The van der Waals surface area contributed by atoms with Crippen LogP contribution in [0.2, 0.25) is 0 Å². The van der Waals surface area contributed by atoms with Crippen molar-refractivity contribution in [3.63, 3.8) is 0 Å². The van der Waals surface area contributed by atoms with Crippen molar-refractivity contribution in [3.8, 4) is 11.5 Å². The van der Waals surface area contributed by atoms with Crippen LogP contribution < -0.4 is 25.6 Å². The third kappa shape index (κ3) is 8.23. The number of thiocarbonyl (C=S) groups is 1. The van der Waals surface area contributed by atoms with E-state index in [1.165, 1.54) is 20.3 Å². The molecular formula is C22H25N3O6S. The van der Waals surface area contributed by atoms with Crippen molar-refractivity contribution in [2.45, 2.75) is 19.3 Å². The third-order valence-electron chi connectivity index (χ3n) is 4.24. The van der Waals surface area contributed by atoms with Gasteiger partial charge < -0.3 is 19.5 Å². The second-order valence-corrected chi connectivity index (χ2v) is 6.89. The van der Waals surface area contributed by atoms with Crippen LogP contribution in [-0.4, -0.2) is 43.7 Å². The first-order chi connectivity index (χ1) is 15.4. The molecule has 0 radical (unpaired) electrons. The summed E-state index contributed by atoms with van der Waals surface area (Å²) in [5.41, 5.74) is 6.15. The highest BCUT2D eigenvalue weighted by atomic mass is 32.1. The summed E-state index contributed by atoms with van der Waals surface area (Å²) in [6.07, 6.45) is 0.420. The van der Waals surface area contributed by atoms with Crippen molar-refractivity contribution in [2.24, 2.45) is 0 Å². The van der Waals surface area contributed by atoms with Gasteiger partial charge >= 0.3 is 5.97 Å². The molecule has 0 aliphatic heterocycles. The number of carbonyl (C=O) groups excluding carboxylic acids is 3. The second kappa shape index (κ2) is 12.9. The van der Waals surface area contributed by atoms with Gasteiger partial charge in [0.05, 0.1) is 27.2 Å². The van der Waals surface area contributed by atoms with E-state index in [2.05, 4.69) is 16.2 Å². The highest BCUT2D eigenvalue weighted by molar-refractivity contribution is 7.80. The topological polar surface area (TPSA) is 115 Å². The van der Waals surface area contributed by atoms with E-state index in [9.17, 15) is 14.4 Å². The Labute approximate surface area is 191 Å². The number of amides is 2. The minimum Gasteiger partial charge on any atom is -0.493 e. The number of benzene rings is 2. The maximum absolute atomic E-state index is 12.2. The molecule has 0 unspecified atom stereocenters. The minimum atomic E-state index is -0.496. The predicted molar refractivity (Wildman–Crippen MR) is 121 cm³/mol. The Bertz CT molecular complexity index is 952. The number of methoxy groups -OCH3 is 2. The van der Waals surface area contributed by atoms with Gasteiger partial charge in [-0.25, -0.2) is 0 Å². The lowest BCUT2D eigenvalue weighted by Crippen LogP contribution is -2.48. The molecular weight excluding hydrogens is 434 g/mol. The van der Waals surface area contributed by atoms with E-state index >= 15 is 0 Å². The number of ether oxygens (including phenoxy) is 3. The maximum atomic E-state index is 12.2. The Hall–Kier alpha value is -3.66. The molecule has 0 aliphatic carbocycles. The molecule has 32 heavy (non-hydrogen) atoms. The lowest BCUT2D eigenvalue weighted by molar-refractivity contribution is -0.144. The second-order valence-electron chi connectivity index (χ2n) is 6.48. The molecule has 170 valence electrons. The van der Waals surface area contributed by atoms with E-state index in [4.69, 9.17) is 26.4 Å².